The monoisotopic (exact) mass is 348 g/mol. The Morgan fingerprint density at radius 1 is 1.32 bits per heavy atom. The van der Waals surface area contributed by atoms with Gasteiger partial charge in [-0.25, -0.2) is 0 Å². The van der Waals surface area contributed by atoms with E-state index in [1.807, 2.05) is 0 Å². The van der Waals surface area contributed by atoms with Crippen LogP contribution in [0.2, 0.25) is 0 Å². The second-order valence-corrected chi connectivity index (χ2v) is 9.29. The molecule has 4 aliphatic carbocycles. The van der Waals surface area contributed by atoms with Gasteiger partial charge in [0.05, 0.1) is 23.0 Å². The van der Waals surface area contributed by atoms with Crippen LogP contribution in [-0.2, 0) is 14.3 Å². The molecule has 1 heterocycles. The van der Waals surface area contributed by atoms with Gasteiger partial charge in [-0.15, -0.1) is 0 Å². The molecule has 0 aromatic carbocycles. The molecule has 25 heavy (non-hydrogen) atoms. The van der Waals surface area contributed by atoms with Crippen molar-refractivity contribution in [1.82, 2.24) is 0 Å². The van der Waals surface area contributed by atoms with Crippen molar-refractivity contribution in [2.45, 2.75) is 62.8 Å². The smallest absolute Gasteiger partial charge is 0.315 e. The van der Waals surface area contributed by atoms with Crippen LogP contribution < -0.4 is 0 Å². The first-order valence-corrected chi connectivity index (χ1v) is 9.17. The maximum absolute atomic E-state index is 12.7. The van der Waals surface area contributed by atoms with Gasteiger partial charge in [0.1, 0.15) is 5.60 Å². The van der Waals surface area contributed by atoms with E-state index in [4.69, 9.17) is 4.74 Å². The van der Waals surface area contributed by atoms with Crippen molar-refractivity contribution < 1.29 is 29.6 Å². The fourth-order valence-corrected chi connectivity index (χ4v) is 7.65. The standard InChI is InChI=1S/C19H24O6/c1-9-7-17-8-18(9,24)5-3-10(17)19-6-4-11(20)16(2,15(23)25-19)13(19)12(17)14(21)22/h10-13,20,24H,1,3-8H2,2H3,(H,21,22)/t10-,11-,12-,13-,16-,17+,18+,19-/m1/s1. The number of fused-ring (bicyclic) bond motifs is 1. The summed E-state index contributed by atoms with van der Waals surface area (Å²) < 4.78 is 5.96. The molecule has 5 aliphatic rings. The molecule has 0 radical (unpaired) electrons. The van der Waals surface area contributed by atoms with Gasteiger partial charge < -0.3 is 20.1 Å². The molecule has 5 rings (SSSR count). The quantitative estimate of drug-likeness (QED) is 0.487. The van der Waals surface area contributed by atoms with Gasteiger partial charge in [0.15, 0.2) is 0 Å². The zero-order chi connectivity index (χ0) is 18.0. The Kier molecular flexibility index (Phi) is 2.61. The molecule has 6 heteroatoms. The molecule has 0 amide bonds. The minimum atomic E-state index is -1.19. The van der Waals surface area contributed by atoms with Gasteiger partial charge >= 0.3 is 11.9 Å². The third kappa shape index (κ3) is 1.41. The van der Waals surface area contributed by atoms with E-state index in [1.165, 1.54) is 0 Å². The van der Waals surface area contributed by atoms with Crippen LogP contribution in [0.25, 0.3) is 0 Å². The fourth-order valence-electron chi connectivity index (χ4n) is 7.65. The topological polar surface area (TPSA) is 104 Å². The molecule has 0 aromatic rings. The Balaban J connectivity index is 1.76. The molecule has 136 valence electrons. The van der Waals surface area contributed by atoms with Crippen LogP contribution >= 0.6 is 0 Å². The lowest BCUT2D eigenvalue weighted by Gasteiger charge is -2.45. The fraction of sp³-hybridized carbons (Fsp3) is 0.789. The summed E-state index contributed by atoms with van der Waals surface area (Å²) in [7, 11) is 0. The van der Waals surface area contributed by atoms with Crippen LogP contribution in [0.1, 0.15) is 45.4 Å². The number of aliphatic hydroxyl groups excluding tert-OH is 1. The Bertz CT molecular complexity index is 731. The molecule has 5 fully saturated rings. The van der Waals surface area contributed by atoms with Gasteiger partial charge in [0.25, 0.3) is 0 Å². The van der Waals surface area contributed by atoms with Crippen LogP contribution in [0.5, 0.6) is 0 Å². The van der Waals surface area contributed by atoms with Crippen molar-refractivity contribution in [3.05, 3.63) is 12.2 Å². The van der Waals surface area contributed by atoms with Crippen LogP contribution in [0.4, 0.5) is 0 Å². The summed E-state index contributed by atoms with van der Waals surface area (Å²) >= 11 is 0. The third-order valence-electron chi connectivity index (χ3n) is 8.57. The lowest BCUT2D eigenvalue weighted by molar-refractivity contribution is -0.164. The molecule has 1 aliphatic heterocycles. The van der Waals surface area contributed by atoms with Crippen molar-refractivity contribution >= 4 is 11.9 Å². The molecule has 1 spiro atoms. The SMILES string of the molecule is C=C1C[C@]23C[C@@]1(O)CC[C@H]2[C@@]12CC[C@@H](O)[C@@](C)(C(=O)O1)[C@H]2[C@@H]3C(=O)O. The molecule has 0 unspecified atom stereocenters. The molecular formula is C19H24O6. The van der Waals surface area contributed by atoms with E-state index < -0.39 is 51.9 Å². The van der Waals surface area contributed by atoms with Crippen LogP contribution in [0.3, 0.4) is 0 Å². The Morgan fingerprint density at radius 2 is 2.04 bits per heavy atom. The summed E-state index contributed by atoms with van der Waals surface area (Å²) in [6.07, 6.45) is 2.08. The molecule has 0 aromatic heterocycles. The first-order valence-electron chi connectivity index (χ1n) is 9.17. The highest BCUT2D eigenvalue weighted by Gasteiger charge is 2.84. The van der Waals surface area contributed by atoms with Gasteiger partial charge in [-0.3, -0.25) is 9.59 Å². The second kappa shape index (κ2) is 4.12. The summed E-state index contributed by atoms with van der Waals surface area (Å²) in [5.74, 6) is -2.86. The number of rotatable bonds is 1. The normalized spacial score (nSPS) is 58.7. The van der Waals surface area contributed by atoms with E-state index in [0.717, 1.165) is 0 Å². The zero-order valence-electron chi connectivity index (χ0n) is 14.3. The van der Waals surface area contributed by atoms with E-state index in [2.05, 4.69) is 6.58 Å². The van der Waals surface area contributed by atoms with Gasteiger partial charge in [0, 0.05) is 11.8 Å². The number of hydrogen-bond donors (Lipinski definition) is 3. The summed E-state index contributed by atoms with van der Waals surface area (Å²) in [5.41, 5.74) is -2.93. The average molecular weight is 348 g/mol. The van der Waals surface area contributed by atoms with E-state index >= 15 is 0 Å². The van der Waals surface area contributed by atoms with Crippen molar-refractivity contribution in [3.63, 3.8) is 0 Å². The lowest BCUT2D eigenvalue weighted by Crippen LogP contribution is -2.53. The average Bonchev–Trinajstić information content (AvgIpc) is 2.95. The first-order chi connectivity index (χ1) is 11.6. The van der Waals surface area contributed by atoms with Gasteiger partial charge in [0.2, 0.25) is 0 Å². The minimum Gasteiger partial charge on any atom is -0.481 e. The maximum atomic E-state index is 12.7. The summed E-state index contributed by atoms with van der Waals surface area (Å²) in [6.45, 7) is 5.71. The minimum absolute atomic E-state index is 0.0936. The number of aliphatic carboxylic acids is 1. The van der Waals surface area contributed by atoms with Gasteiger partial charge in [-0.05, 0) is 56.4 Å². The highest BCUT2D eigenvalue weighted by Crippen LogP contribution is 2.78. The van der Waals surface area contributed by atoms with E-state index in [-0.39, 0.29) is 5.92 Å². The number of carbonyl (C=O) groups is 2. The molecule has 8 atom stereocenters. The molecule has 1 saturated heterocycles. The number of carbonyl (C=O) groups excluding carboxylic acids is 1. The number of carboxylic acids is 1. The van der Waals surface area contributed by atoms with Crippen molar-refractivity contribution in [1.29, 1.82) is 0 Å². The molecule has 4 bridgehead atoms. The van der Waals surface area contributed by atoms with Crippen LogP contribution in [-0.4, -0.2) is 44.6 Å². The van der Waals surface area contributed by atoms with E-state index in [0.29, 0.717) is 44.1 Å². The van der Waals surface area contributed by atoms with E-state index in [9.17, 15) is 24.9 Å². The van der Waals surface area contributed by atoms with Crippen molar-refractivity contribution in [2.24, 2.45) is 28.6 Å². The highest BCUT2D eigenvalue weighted by atomic mass is 16.6. The predicted octanol–water partition coefficient (Wildman–Crippen LogP) is 1.25. The Hall–Kier alpha value is -1.40. The highest BCUT2D eigenvalue weighted by molar-refractivity contribution is 5.85. The molecule has 4 saturated carbocycles. The number of aliphatic hydroxyl groups is 2. The van der Waals surface area contributed by atoms with Crippen LogP contribution in [0, 0.1) is 28.6 Å². The summed E-state index contributed by atoms with van der Waals surface area (Å²) in [6, 6.07) is 0. The summed E-state index contributed by atoms with van der Waals surface area (Å²) in [4.78, 5) is 25.1. The Labute approximate surface area is 145 Å². The second-order valence-electron chi connectivity index (χ2n) is 9.29. The molecule has 3 N–H and O–H groups in total. The number of carboxylic acid groups (broad SMARTS) is 1. The lowest BCUT2D eigenvalue weighted by atomic mass is 9.59. The Morgan fingerprint density at radius 3 is 2.72 bits per heavy atom. The van der Waals surface area contributed by atoms with Gasteiger partial charge in [-0.1, -0.05) is 6.58 Å². The molecular weight excluding hydrogens is 324 g/mol. The molecule has 6 nitrogen and oxygen atoms in total. The number of esters is 1. The largest absolute Gasteiger partial charge is 0.481 e. The maximum Gasteiger partial charge on any atom is 0.315 e. The number of ether oxygens (including phenoxy) is 1. The number of hydrogen-bond acceptors (Lipinski definition) is 5. The first kappa shape index (κ1) is 15.8. The van der Waals surface area contributed by atoms with Gasteiger partial charge in [-0.2, -0.15) is 0 Å². The third-order valence-corrected chi connectivity index (χ3v) is 8.57. The zero-order valence-corrected chi connectivity index (χ0v) is 14.3. The predicted molar refractivity (Wildman–Crippen MR) is 85.3 cm³/mol. The van der Waals surface area contributed by atoms with E-state index in [1.54, 1.807) is 6.92 Å². The van der Waals surface area contributed by atoms with Crippen molar-refractivity contribution in [2.75, 3.05) is 0 Å². The van der Waals surface area contributed by atoms with Crippen molar-refractivity contribution in [3.8, 4) is 0 Å². The summed E-state index contributed by atoms with van der Waals surface area (Å²) in [5, 5.41) is 31.7. The van der Waals surface area contributed by atoms with Crippen LogP contribution in [0.15, 0.2) is 12.2 Å².